The summed E-state index contributed by atoms with van der Waals surface area (Å²) in [6.45, 7) is 0.547. The quantitative estimate of drug-likeness (QED) is 0.342. The lowest BCUT2D eigenvalue weighted by molar-refractivity contribution is -0.0149. The molecule has 1 aromatic carbocycles. The minimum Gasteiger partial charge on any atom is -0.394 e. The van der Waals surface area contributed by atoms with Gasteiger partial charge in [-0.05, 0) is 24.6 Å². The van der Waals surface area contributed by atoms with Crippen molar-refractivity contribution in [2.24, 2.45) is 7.05 Å². The topological polar surface area (TPSA) is 134 Å². The summed E-state index contributed by atoms with van der Waals surface area (Å²) >= 11 is 0. The molecule has 1 aliphatic rings. The number of aliphatic hydroxyl groups excluding tert-OH is 2. The molecule has 192 valence electrons. The van der Waals surface area contributed by atoms with Crippen molar-refractivity contribution in [3.63, 3.8) is 0 Å². The fourth-order valence-corrected chi connectivity index (χ4v) is 4.35. The highest BCUT2D eigenvalue weighted by Crippen LogP contribution is 2.33. The second-order valence-corrected chi connectivity index (χ2v) is 8.97. The van der Waals surface area contributed by atoms with Crippen LogP contribution in [-0.4, -0.2) is 69.3 Å². The van der Waals surface area contributed by atoms with Crippen molar-refractivity contribution in [1.82, 2.24) is 34.4 Å². The molecule has 0 bridgehead atoms. The summed E-state index contributed by atoms with van der Waals surface area (Å²) in [7, 11) is 1.77. The first-order chi connectivity index (χ1) is 17.7. The number of carbonyl (C=O) groups is 1. The first-order valence-corrected chi connectivity index (χ1v) is 11.4. The fourth-order valence-electron chi connectivity index (χ4n) is 4.35. The number of anilines is 2. The zero-order chi connectivity index (χ0) is 26.3. The number of fused-ring (bicyclic) bond motifs is 1. The third-order valence-corrected chi connectivity index (χ3v) is 6.47. The molecule has 0 unspecified atom stereocenters. The van der Waals surface area contributed by atoms with Gasteiger partial charge in [-0.1, -0.05) is 6.07 Å². The molecule has 37 heavy (non-hydrogen) atoms. The van der Waals surface area contributed by atoms with Crippen LogP contribution < -0.4 is 5.32 Å². The Morgan fingerprint density at radius 2 is 1.95 bits per heavy atom. The first-order valence-electron chi connectivity index (χ1n) is 11.4. The van der Waals surface area contributed by atoms with Gasteiger partial charge in [0.2, 0.25) is 5.95 Å². The maximum absolute atomic E-state index is 13.8. The zero-order valence-corrected chi connectivity index (χ0v) is 20.1. The third-order valence-electron chi connectivity index (χ3n) is 6.47. The number of benzene rings is 1. The van der Waals surface area contributed by atoms with Crippen LogP contribution in [0.2, 0.25) is 0 Å². The minimum atomic E-state index is -1.37. The van der Waals surface area contributed by atoms with Gasteiger partial charge in [-0.2, -0.15) is 15.2 Å². The molecule has 0 aliphatic carbocycles. The van der Waals surface area contributed by atoms with Gasteiger partial charge in [-0.15, -0.1) is 0 Å². The van der Waals surface area contributed by atoms with Crippen LogP contribution in [0.1, 0.15) is 27.2 Å². The molecule has 0 saturated heterocycles. The Balaban J connectivity index is 1.51. The van der Waals surface area contributed by atoms with E-state index in [9.17, 15) is 23.8 Å². The van der Waals surface area contributed by atoms with E-state index in [0.29, 0.717) is 34.3 Å². The van der Waals surface area contributed by atoms with Gasteiger partial charge in [0, 0.05) is 49.6 Å². The summed E-state index contributed by atoms with van der Waals surface area (Å²) in [5.41, 5.74) is 0.250. The van der Waals surface area contributed by atoms with E-state index >= 15 is 0 Å². The second-order valence-electron chi connectivity index (χ2n) is 8.97. The van der Waals surface area contributed by atoms with Gasteiger partial charge in [0.1, 0.15) is 5.82 Å². The Bertz CT molecular complexity index is 1480. The van der Waals surface area contributed by atoms with Crippen LogP contribution in [-0.2, 0) is 20.0 Å². The van der Waals surface area contributed by atoms with E-state index in [1.807, 2.05) is 0 Å². The highest BCUT2D eigenvalue weighted by atomic mass is 19.2. The molecule has 0 saturated carbocycles. The lowest BCUT2D eigenvalue weighted by Crippen LogP contribution is -2.60. The monoisotopic (exact) mass is 510 g/mol. The van der Waals surface area contributed by atoms with Crippen molar-refractivity contribution in [2.75, 3.05) is 18.5 Å². The minimum absolute atomic E-state index is 0.0923. The van der Waals surface area contributed by atoms with Crippen molar-refractivity contribution in [1.29, 1.82) is 0 Å². The molecule has 3 N–H and O–H groups in total. The highest BCUT2D eigenvalue weighted by Gasteiger charge is 2.46. The second kappa shape index (κ2) is 9.33. The standard InChI is InChI=1S/C24H24F2N8O3/c1-14-9-27-23(29-19-5-6-28-32(19)2)30-21(14)34-11-16-8-24(12-35,13-36)33(22(37)20(16)31-34)10-15-3-4-17(25)18(26)7-15/h3-7,9,11,35-36H,8,10,12-13H2,1-2H3,(H,27,29,30). The van der Waals surface area contributed by atoms with E-state index in [1.54, 1.807) is 43.3 Å². The summed E-state index contributed by atoms with van der Waals surface area (Å²) in [5.74, 6) is -1.24. The van der Waals surface area contributed by atoms with Crippen LogP contribution in [0.3, 0.4) is 0 Å². The predicted molar refractivity (Wildman–Crippen MR) is 127 cm³/mol. The van der Waals surface area contributed by atoms with Crippen molar-refractivity contribution >= 4 is 17.7 Å². The molecule has 1 aliphatic heterocycles. The largest absolute Gasteiger partial charge is 0.394 e. The Hall–Kier alpha value is -4.23. The van der Waals surface area contributed by atoms with Gasteiger partial charge in [0.05, 0.1) is 24.9 Å². The molecule has 13 heteroatoms. The number of hydrogen-bond donors (Lipinski definition) is 3. The van der Waals surface area contributed by atoms with E-state index in [1.165, 1.54) is 15.6 Å². The van der Waals surface area contributed by atoms with Crippen molar-refractivity contribution in [3.05, 3.63) is 76.9 Å². The summed E-state index contributed by atoms with van der Waals surface area (Å²) < 4.78 is 30.3. The average molecular weight is 511 g/mol. The van der Waals surface area contributed by atoms with Crippen molar-refractivity contribution < 1.29 is 23.8 Å². The van der Waals surface area contributed by atoms with E-state index < -0.39 is 36.3 Å². The van der Waals surface area contributed by atoms with E-state index in [-0.39, 0.29) is 18.7 Å². The summed E-state index contributed by atoms with van der Waals surface area (Å²) in [5, 5.41) is 32.1. The molecular formula is C24H24F2N8O3. The van der Waals surface area contributed by atoms with Gasteiger partial charge >= 0.3 is 0 Å². The number of aryl methyl sites for hydroxylation is 2. The first kappa shape index (κ1) is 24.5. The summed E-state index contributed by atoms with van der Waals surface area (Å²) in [6.07, 6.45) is 4.97. The Kier molecular flexibility index (Phi) is 6.17. The lowest BCUT2D eigenvalue weighted by Gasteiger charge is -2.44. The number of aliphatic hydroxyl groups is 2. The van der Waals surface area contributed by atoms with Crippen LogP contribution >= 0.6 is 0 Å². The number of aromatic nitrogens is 6. The van der Waals surface area contributed by atoms with Crippen LogP contribution in [0, 0.1) is 18.6 Å². The number of nitrogens with one attached hydrogen (secondary N) is 1. The molecule has 0 radical (unpaired) electrons. The average Bonchev–Trinajstić information content (AvgIpc) is 3.50. The number of carbonyl (C=O) groups excluding carboxylic acids is 1. The van der Waals surface area contributed by atoms with E-state index in [4.69, 9.17) is 0 Å². The van der Waals surface area contributed by atoms with Crippen molar-refractivity contribution in [2.45, 2.75) is 25.4 Å². The van der Waals surface area contributed by atoms with E-state index in [2.05, 4.69) is 25.5 Å². The molecule has 5 rings (SSSR count). The third kappa shape index (κ3) is 4.32. The highest BCUT2D eigenvalue weighted by molar-refractivity contribution is 5.95. The predicted octanol–water partition coefficient (Wildman–Crippen LogP) is 1.65. The Morgan fingerprint density at radius 1 is 1.16 bits per heavy atom. The summed E-state index contributed by atoms with van der Waals surface area (Å²) in [6, 6.07) is 5.06. The van der Waals surface area contributed by atoms with Gasteiger partial charge in [-0.3, -0.25) is 9.48 Å². The molecule has 11 nitrogen and oxygen atoms in total. The number of hydrogen-bond acceptors (Lipinski definition) is 8. The maximum atomic E-state index is 13.8. The van der Waals surface area contributed by atoms with Gasteiger partial charge in [0.25, 0.3) is 5.91 Å². The van der Waals surface area contributed by atoms with Crippen molar-refractivity contribution in [3.8, 4) is 5.82 Å². The van der Waals surface area contributed by atoms with Crippen LogP contribution in [0.5, 0.6) is 0 Å². The molecule has 4 heterocycles. The fraction of sp³-hybridized carbons (Fsp3) is 0.292. The van der Waals surface area contributed by atoms with Gasteiger partial charge in [0.15, 0.2) is 23.1 Å². The SMILES string of the molecule is Cc1cnc(Nc2ccnn2C)nc1-n1cc2c(n1)C(=O)N(Cc1ccc(F)c(F)c1)C(CO)(CO)C2. The molecular weight excluding hydrogens is 486 g/mol. The van der Waals surface area contributed by atoms with Crippen LogP contribution in [0.15, 0.2) is 42.9 Å². The maximum Gasteiger partial charge on any atom is 0.275 e. The molecule has 4 aromatic rings. The smallest absolute Gasteiger partial charge is 0.275 e. The number of halogens is 2. The molecule has 3 aromatic heterocycles. The zero-order valence-electron chi connectivity index (χ0n) is 20.1. The van der Waals surface area contributed by atoms with Gasteiger partial charge < -0.3 is 20.4 Å². The molecule has 0 spiro atoms. The molecule has 0 fully saturated rings. The number of nitrogens with zero attached hydrogens (tertiary/aromatic N) is 7. The van der Waals surface area contributed by atoms with Crippen LogP contribution in [0.25, 0.3) is 5.82 Å². The lowest BCUT2D eigenvalue weighted by atomic mass is 9.85. The number of amides is 1. The normalized spacial score (nSPS) is 14.6. The Labute approximate surface area is 210 Å². The van der Waals surface area contributed by atoms with Gasteiger partial charge in [-0.25, -0.2) is 18.4 Å². The van der Waals surface area contributed by atoms with E-state index in [0.717, 1.165) is 12.1 Å². The molecule has 1 amide bonds. The van der Waals surface area contributed by atoms with Crippen LogP contribution in [0.4, 0.5) is 20.5 Å². The summed E-state index contributed by atoms with van der Waals surface area (Å²) in [4.78, 5) is 23.6. The Morgan fingerprint density at radius 3 is 2.62 bits per heavy atom. The molecule has 0 atom stereocenters. The number of rotatable bonds is 7.